The maximum Gasteiger partial charge on any atom is 0.357 e. The number of anilines is 2. The Morgan fingerprint density at radius 2 is 2.05 bits per heavy atom. The molecule has 1 heterocycles. The van der Waals surface area contributed by atoms with Crippen molar-refractivity contribution < 1.29 is 14.7 Å². The number of pyridine rings is 1. The van der Waals surface area contributed by atoms with Gasteiger partial charge >= 0.3 is 11.5 Å². The molecule has 2 rings (SSSR count). The second-order valence-electron chi connectivity index (χ2n) is 4.57. The quantitative estimate of drug-likeness (QED) is 0.675. The molecule has 0 aliphatic heterocycles. The van der Waals surface area contributed by atoms with Gasteiger partial charge in [-0.05, 0) is 30.3 Å². The van der Waals surface area contributed by atoms with Crippen molar-refractivity contribution in [1.29, 1.82) is 0 Å². The highest BCUT2D eigenvalue weighted by molar-refractivity contribution is 6.30. The molecule has 0 saturated carbocycles. The van der Waals surface area contributed by atoms with E-state index in [0.29, 0.717) is 10.7 Å². The number of carbonyl (C=O) groups excluding carboxylic acids is 1. The van der Waals surface area contributed by atoms with E-state index in [1.807, 2.05) is 0 Å². The van der Waals surface area contributed by atoms with Gasteiger partial charge in [0.1, 0.15) is 0 Å². The molecule has 1 aromatic heterocycles. The summed E-state index contributed by atoms with van der Waals surface area (Å²) in [5.41, 5.74) is 0.513. The van der Waals surface area contributed by atoms with E-state index in [2.05, 4.69) is 10.3 Å². The van der Waals surface area contributed by atoms with Gasteiger partial charge in [-0.1, -0.05) is 11.6 Å². The highest BCUT2D eigenvalue weighted by atomic mass is 35.5. The number of hydrogen-bond donors (Lipinski definition) is 1. The molecule has 0 fully saturated rings. The van der Waals surface area contributed by atoms with Crippen molar-refractivity contribution in [3.8, 4) is 0 Å². The fraction of sp³-hybridized carbons (Fsp3) is 0.143. The number of nitro groups is 1. The van der Waals surface area contributed by atoms with Crippen molar-refractivity contribution in [2.75, 3.05) is 23.8 Å². The van der Waals surface area contributed by atoms with Gasteiger partial charge in [-0.2, -0.15) is 0 Å². The van der Waals surface area contributed by atoms with Crippen LogP contribution in [0.2, 0.25) is 5.02 Å². The summed E-state index contributed by atoms with van der Waals surface area (Å²) in [6.45, 7) is -0.0377. The van der Waals surface area contributed by atoms with E-state index in [0.717, 1.165) is 0 Å². The Kier molecular flexibility index (Phi) is 4.90. The third-order valence-corrected chi connectivity index (χ3v) is 3.15. The highest BCUT2D eigenvalue weighted by Gasteiger charge is 2.26. The molecule has 8 heteroatoms. The average Bonchev–Trinajstić information content (AvgIpc) is 2.49. The van der Waals surface area contributed by atoms with Gasteiger partial charge in [-0.15, -0.1) is 0 Å². The number of rotatable bonds is 5. The lowest BCUT2D eigenvalue weighted by Gasteiger charge is -2.11. The molecule has 7 nitrogen and oxygen atoms in total. The molecular weight excluding hydrogens is 308 g/mol. The largest absolute Gasteiger partial charge is 0.357 e. The van der Waals surface area contributed by atoms with Gasteiger partial charge in [0.2, 0.25) is 0 Å². The maximum absolute atomic E-state index is 12.0. The van der Waals surface area contributed by atoms with E-state index in [-0.39, 0.29) is 24.0 Å². The Morgan fingerprint density at radius 3 is 2.68 bits per heavy atom. The first kappa shape index (κ1) is 15.7. The van der Waals surface area contributed by atoms with Crippen LogP contribution in [0, 0.1) is 10.1 Å². The molecule has 0 radical (unpaired) electrons. The number of H-pyrrole nitrogens is 1. The first-order valence-corrected chi connectivity index (χ1v) is 6.77. The number of benzene rings is 1. The van der Waals surface area contributed by atoms with E-state index < -0.39 is 4.92 Å². The Hall–Kier alpha value is -2.67. The summed E-state index contributed by atoms with van der Waals surface area (Å²) < 4.78 is 0. The molecule has 0 aliphatic carbocycles. The maximum atomic E-state index is 12.0. The number of halogens is 1. The topological polar surface area (TPSA) is 89.6 Å². The summed E-state index contributed by atoms with van der Waals surface area (Å²) >= 11 is 5.77. The molecule has 114 valence electrons. The van der Waals surface area contributed by atoms with Crippen molar-refractivity contribution in [3.63, 3.8) is 0 Å². The minimum absolute atomic E-state index is 0.0377. The number of amides is 1. The van der Waals surface area contributed by atoms with Gasteiger partial charge in [0.05, 0.1) is 18.2 Å². The van der Waals surface area contributed by atoms with E-state index in [1.54, 1.807) is 37.5 Å². The van der Waals surface area contributed by atoms with Crippen LogP contribution in [0.1, 0.15) is 0 Å². The van der Waals surface area contributed by atoms with Crippen molar-refractivity contribution >= 4 is 34.7 Å². The highest BCUT2D eigenvalue weighted by Crippen LogP contribution is 2.20. The standard InChI is InChI=1S/C14H13ClN4O3/c1-18(14-12(19(21)22)3-2-8-16-14)9-13(20)17-11-6-4-10(15)5-7-11/h2-8H,9H2,1H3,(H,17,20)/p+1. The molecule has 0 spiro atoms. The zero-order valence-corrected chi connectivity index (χ0v) is 12.5. The molecule has 0 unspecified atom stereocenters. The SMILES string of the molecule is CN(CC(=O)Nc1ccc(Cl)cc1)c1[nH+]cccc1[N+](=O)[O-]. The molecule has 22 heavy (non-hydrogen) atoms. The second kappa shape index (κ2) is 6.86. The van der Waals surface area contributed by atoms with Crippen LogP contribution in [0.15, 0.2) is 42.6 Å². The lowest BCUT2D eigenvalue weighted by molar-refractivity contribution is -0.411. The van der Waals surface area contributed by atoms with Gasteiger partial charge in [0, 0.05) is 16.8 Å². The normalized spacial score (nSPS) is 10.1. The van der Waals surface area contributed by atoms with Gasteiger partial charge < -0.3 is 5.32 Å². The predicted octanol–water partition coefficient (Wildman–Crippen LogP) is 2.14. The molecule has 0 saturated heterocycles. The number of likely N-dealkylation sites (N-methyl/N-ethyl adjacent to an activating group) is 1. The van der Waals surface area contributed by atoms with Crippen LogP contribution in [0.5, 0.6) is 0 Å². The van der Waals surface area contributed by atoms with E-state index in [1.165, 1.54) is 17.0 Å². The smallest absolute Gasteiger partial charge is 0.323 e. The number of aromatic amines is 1. The zero-order valence-electron chi connectivity index (χ0n) is 11.7. The molecule has 2 N–H and O–H groups in total. The monoisotopic (exact) mass is 321 g/mol. The molecule has 1 amide bonds. The van der Waals surface area contributed by atoms with Crippen molar-refractivity contribution in [1.82, 2.24) is 0 Å². The van der Waals surface area contributed by atoms with Crippen LogP contribution in [0.4, 0.5) is 17.2 Å². The Bertz CT molecular complexity index is 691. The third kappa shape index (κ3) is 3.92. The molecule has 2 aromatic rings. The average molecular weight is 322 g/mol. The van der Waals surface area contributed by atoms with Crippen molar-refractivity contribution in [2.45, 2.75) is 0 Å². The molecule has 1 aromatic carbocycles. The zero-order chi connectivity index (χ0) is 16.1. The second-order valence-corrected chi connectivity index (χ2v) is 5.01. The third-order valence-electron chi connectivity index (χ3n) is 2.90. The number of carbonyl (C=O) groups is 1. The van der Waals surface area contributed by atoms with Crippen LogP contribution < -0.4 is 15.2 Å². The fourth-order valence-corrected chi connectivity index (χ4v) is 2.03. The number of aromatic nitrogens is 1. The molecule has 0 bridgehead atoms. The van der Waals surface area contributed by atoms with Gasteiger partial charge in [0.25, 0.3) is 5.91 Å². The van der Waals surface area contributed by atoms with Crippen LogP contribution in [-0.2, 0) is 4.79 Å². The van der Waals surface area contributed by atoms with Crippen LogP contribution in [0.25, 0.3) is 0 Å². The predicted molar refractivity (Wildman–Crippen MR) is 83.0 cm³/mol. The Morgan fingerprint density at radius 1 is 1.36 bits per heavy atom. The molecule has 0 atom stereocenters. The Balaban J connectivity index is 2.05. The van der Waals surface area contributed by atoms with Gasteiger partial charge in [-0.25, -0.2) is 9.88 Å². The van der Waals surface area contributed by atoms with Crippen LogP contribution in [-0.4, -0.2) is 24.4 Å². The molecule has 0 aliphatic rings. The van der Waals surface area contributed by atoms with Crippen molar-refractivity contribution in [2.24, 2.45) is 0 Å². The number of nitrogens with one attached hydrogen (secondary N) is 2. The van der Waals surface area contributed by atoms with E-state index in [4.69, 9.17) is 11.6 Å². The number of hydrogen-bond acceptors (Lipinski definition) is 4. The van der Waals surface area contributed by atoms with Crippen LogP contribution >= 0.6 is 11.6 Å². The fourth-order valence-electron chi connectivity index (χ4n) is 1.90. The summed E-state index contributed by atoms with van der Waals surface area (Å²) in [6, 6.07) is 9.59. The summed E-state index contributed by atoms with van der Waals surface area (Å²) in [5.74, 6) is -0.0323. The number of nitrogens with zero attached hydrogens (tertiary/aromatic N) is 2. The van der Waals surface area contributed by atoms with Gasteiger partial charge in [-0.3, -0.25) is 14.9 Å². The summed E-state index contributed by atoms with van der Waals surface area (Å²) in [5, 5.41) is 14.2. The van der Waals surface area contributed by atoms with E-state index in [9.17, 15) is 14.9 Å². The summed E-state index contributed by atoms with van der Waals surface area (Å²) in [6.07, 6.45) is 1.57. The van der Waals surface area contributed by atoms with Gasteiger partial charge in [0.15, 0.2) is 6.54 Å². The minimum atomic E-state index is -0.501. The molecular formula is C14H14ClN4O3+. The first-order valence-electron chi connectivity index (χ1n) is 6.39. The van der Waals surface area contributed by atoms with E-state index >= 15 is 0 Å². The minimum Gasteiger partial charge on any atom is -0.323 e. The summed E-state index contributed by atoms with van der Waals surface area (Å²) in [4.78, 5) is 26.7. The van der Waals surface area contributed by atoms with Crippen LogP contribution in [0.3, 0.4) is 0 Å². The lowest BCUT2D eigenvalue weighted by atomic mass is 10.3. The van der Waals surface area contributed by atoms with Crippen molar-refractivity contribution in [3.05, 3.63) is 57.7 Å². The summed E-state index contributed by atoms with van der Waals surface area (Å²) in [7, 11) is 1.60. The Labute approximate surface area is 131 Å². The lowest BCUT2D eigenvalue weighted by Crippen LogP contribution is -2.34. The first-order chi connectivity index (χ1) is 10.5.